The van der Waals surface area contributed by atoms with Crippen LogP contribution in [0.15, 0.2) is 15.4 Å². The standard InChI is InChI=1S/C8H13NO2/c1-3-6(2)4-7-5-8(10)9-11-7/h5-6H,3-4H2,1-2H3,(H,9,10)/t6-/m1/s1. The van der Waals surface area contributed by atoms with Gasteiger partial charge in [-0.1, -0.05) is 20.3 Å². The molecule has 0 unspecified atom stereocenters. The van der Waals surface area contributed by atoms with Crippen molar-refractivity contribution >= 4 is 0 Å². The summed E-state index contributed by atoms with van der Waals surface area (Å²) in [5.74, 6) is 1.33. The fourth-order valence-corrected chi connectivity index (χ4v) is 0.909. The van der Waals surface area contributed by atoms with Crippen LogP contribution < -0.4 is 5.56 Å². The normalized spacial score (nSPS) is 13.3. The van der Waals surface area contributed by atoms with Gasteiger partial charge in [-0.15, -0.1) is 0 Å². The van der Waals surface area contributed by atoms with E-state index in [0.717, 1.165) is 18.6 Å². The van der Waals surface area contributed by atoms with Gasteiger partial charge in [0.1, 0.15) is 5.76 Å². The molecule has 0 aliphatic rings. The first-order valence-corrected chi connectivity index (χ1v) is 3.89. The van der Waals surface area contributed by atoms with E-state index < -0.39 is 0 Å². The van der Waals surface area contributed by atoms with Gasteiger partial charge in [0.05, 0.1) is 0 Å². The van der Waals surface area contributed by atoms with Crippen LogP contribution in [0.3, 0.4) is 0 Å². The van der Waals surface area contributed by atoms with Crippen LogP contribution in [0, 0.1) is 5.92 Å². The highest BCUT2D eigenvalue weighted by Crippen LogP contribution is 2.08. The summed E-state index contributed by atoms with van der Waals surface area (Å²) in [4.78, 5) is 10.6. The minimum Gasteiger partial charge on any atom is -0.384 e. The van der Waals surface area contributed by atoms with Gasteiger partial charge in [-0.2, -0.15) is 5.16 Å². The molecule has 1 atom stereocenters. The van der Waals surface area contributed by atoms with E-state index in [1.807, 2.05) is 0 Å². The molecule has 0 amide bonds. The second-order valence-electron chi connectivity index (χ2n) is 2.90. The van der Waals surface area contributed by atoms with E-state index in [4.69, 9.17) is 4.52 Å². The zero-order valence-electron chi connectivity index (χ0n) is 6.89. The maximum Gasteiger partial charge on any atom is 0.280 e. The van der Waals surface area contributed by atoms with Crippen LogP contribution in [0.25, 0.3) is 0 Å². The van der Waals surface area contributed by atoms with Crippen molar-refractivity contribution in [2.24, 2.45) is 5.92 Å². The van der Waals surface area contributed by atoms with E-state index in [0.29, 0.717) is 5.92 Å². The third-order valence-electron chi connectivity index (χ3n) is 1.82. The SMILES string of the molecule is CC[C@@H](C)Cc1cc(=O)[nH]o1. The van der Waals surface area contributed by atoms with Gasteiger partial charge in [0, 0.05) is 12.5 Å². The van der Waals surface area contributed by atoms with E-state index in [-0.39, 0.29) is 5.56 Å². The molecular weight excluding hydrogens is 142 g/mol. The fourth-order valence-electron chi connectivity index (χ4n) is 0.909. The van der Waals surface area contributed by atoms with Gasteiger partial charge < -0.3 is 4.52 Å². The maximum atomic E-state index is 10.6. The second-order valence-corrected chi connectivity index (χ2v) is 2.90. The Morgan fingerprint density at radius 2 is 2.45 bits per heavy atom. The van der Waals surface area contributed by atoms with Gasteiger partial charge in [0.15, 0.2) is 0 Å². The van der Waals surface area contributed by atoms with E-state index in [9.17, 15) is 4.79 Å². The van der Waals surface area contributed by atoms with Crippen LogP contribution in [-0.4, -0.2) is 5.16 Å². The Morgan fingerprint density at radius 3 is 2.91 bits per heavy atom. The Hall–Kier alpha value is -0.990. The minimum atomic E-state index is -0.150. The Bertz CT molecular complexity index is 261. The van der Waals surface area contributed by atoms with Crippen LogP contribution in [0.1, 0.15) is 26.0 Å². The molecule has 0 spiro atoms. The first-order chi connectivity index (χ1) is 5.22. The van der Waals surface area contributed by atoms with Crippen molar-refractivity contribution in [3.05, 3.63) is 22.2 Å². The summed E-state index contributed by atoms with van der Waals surface area (Å²) in [5.41, 5.74) is -0.150. The molecule has 0 radical (unpaired) electrons. The largest absolute Gasteiger partial charge is 0.384 e. The molecule has 3 heteroatoms. The van der Waals surface area contributed by atoms with Crippen molar-refractivity contribution < 1.29 is 4.52 Å². The lowest BCUT2D eigenvalue weighted by atomic mass is 10.0. The van der Waals surface area contributed by atoms with Gasteiger partial charge in [0.25, 0.3) is 5.56 Å². The number of hydrogen-bond acceptors (Lipinski definition) is 2. The van der Waals surface area contributed by atoms with Crippen molar-refractivity contribution in [1.82, 2.24) is 5.16 Å². The van der Waals surface area contributed by atoms with Crippen LogP contribution in [-0.2, 0) is 6.42 Å². The number of aromatic nitrogens is 1. The average Bonchev–Trinajstić information content (AvgIpc) is 2.35. The zero-order chi connectivity index (χ0) is 8.27. The fraction of sp³-hybridized carbons (Fsp3) is 0.625. The Labute approximate surface area is 65.4 Å². The Kier molecular flexibility index (Phi) is 2.52. The van der Waals surface area contributed by atoms with Crippen LogP contribution in [0.4, 0.5) is 0 Å². The minimum absolute atomic E-state index is 0.150. The molecule has 0 aromatic carbocycles. The number of H-pyrrole nitrogens is 1. The third-order valence-corrected chi connectivity index (χ3v) is 1.82. The van der Waals surface area contributed by atoms with Crippen molar-refractivity contribution in [3.8, 4) is 0 Å². The molecule has 0 saturated heterocycles. The van der Waals surface area contributed by atoms with E-state index in [1.165, 1.54) is 6.07 Å². The van der Waals surface area contributed by atoms with Gasteiger partial charge in [-0.25, -0.2) is 0 Å². The molecule has 0 aliphatic carbocycles. The first kappa shape index (κ1) is 8.11. The number of hydrogen-bond donors (Lipinski definition) is 1. The van der Waals surface area contributed by atoms with E-state index >= 15 is 0 Å². The monoisotopic (exact) mass is 155 g/mol. The summed E-state index contributed by atoms with van der Waals surface area (Å²) in [6.07, 6.45) is 1.95. The molecule has 11 heavy (non-hydrogen) atoms. The first-order valence-electron chi connectivity index (χ1n) is 3.89. The third kappa shape index (κ3) is 2.26. The van der Waals surface area contributed by atoms with Crippen molar-refractivity contribution in [3.63, 3.8) is 0 Å². The Balaban J connectivity index is 2.57. The number of aromatic amines is 1. The topological polar surface area (TPSA) is 46.0 Å². The summed E-state index contributed by atoms with van der Waals surface area (Å²) < 4.78 is 4.90. The molecule has 1 aromatic heterocycles. The summed E-state index contributed by atoms with van der Waals surface area (Å²) in [6, 6.07) is 1.51. The maximum absolute atomic E-state index is 10.6. The molecular formula is C8H13NO2. The summed E-state index contributed by atoms with van der Waals surface area (Å²) >= 11 is 0. The van der Waals surface area contributed by atoms with E-state index in [1.54, 1.807) is 0 Å². The van der Waals surface area contributed by atoms with Gasteiger partial charge in [0.2, 0.25) is 0 Å². The predicted molar refractivity (Wildman–Crippen MR) is 42.5 cm³/mol. The quantitative estimate of drug-likeness (QED) is 0.719. The van der Waals surface area contributed by atoms with E-state index in [2.05, 4.69) is 19.0 Å². The lowest BCUT2D eigenvalue weighted by Gasteiger charge is -2.02. The van der Waals surface area contributed by atoms with Crippen LogP contribution in [0.5, 0.6) is 0 Å². The highest BCUT2D eigenvalue weighted by Gasteiger charge is 2.04. The Morgan fingerprint density at radius 1 is 1.73 bits per heavy atom. The number of rotatable bonds is 3. The van der Waals surface area contributed by atoms with Crippen molar-refractivity contribution in [1.29, 1.82) is 0 Å². The zero-order valence-corrected chi connectivity index (χ0v) is 6.89. The lowest BCUT2D eigenvalue weighted by molar-refractivity contribution is 0.358. The van der Waals surface area contributed by atoms with Gasteiger partial charge in [-0.3, -0.25) is 4.79 Å². The molecule has 0 saturated carbocycles. The second kappa shape index (κ2) is 3.42. The van der Waals surface area contributed by atoms with Crippen LogP contribution >= 0.6 is 0 Å². The number of nitrogens with one attached hydrogen (secondary N) is 1. The molecule has 1 N–H and O–H groups in total. The summed E-state index contributed by atoms with van der Waals surface area (Å²) in [6.45, 7) is 4.25. The van der Waals surface area contributed by atoms with Crippen molar-refractivity contribution in [2.75, 3.05) is 0 Å². The molecule has 0 bridgehead atoms. The smallest absolute Gasteiger partial charge is 0.280 e. The average molecular weight is 155 g/mol. The molecule has 0 aliphatic heterocycles. The summed E-state index contributed by atoms with van der Waals surface area (Å²) in [5, 5.41) is 2.27. The summed E-state index contributed by atoms with van der Waals surface area (Å²) in [7, 11) is 0. The lowest BCUT2D eigenvalue weighted by Crippen LogP contribution is -1.97. The van der Waals surface area contributed by atoms with Crippen molar-refractivity contribution in [2.45, 2.75) is 26.7 Å². The van der Waals surface area contributed by atoms with Gasteiger partial charge >= 0.3 is 0 Å². The molecule has 1 rings (SSSR count). The van der Waals surface area contributed by atoms with Crippen LogP contribution in [0.2, 0.25) is 0 Å². The molecule has 3 nitrogen and oxygen atoms in total. The molecule has 1 aromatic rings. The molecule has 0 fully saturated rings. The predicted octanol–water partition coefficient (Wildman–Crippen LogP) is 1.56. The van der Waals surface area contributed by atoms with Gasteiger partial charge in [-0.05, 0) is 5.92 Å². The highest BCUT2D eigenvalue weighted by molar-refractivity contribution is 4.94. The molecule has 62 valence electrons. The highest BCUT2D eigenvalue weighted by atomic mass is 16.5. The molecule has 1 heterocycles.